The van der Waals surface area contributed by atoms with Gasteiger partial charge in [-0.3, -0.25) is 0 Å². The minimum atomic E-state index is 0.607. The molecule has 1 heteroatoms. The monoisotopic (exact) mass is 196 g/mol. The molecule has 1 saturated heterocycles. The van der Waals surface area contributed by atoms with Gasteiger partial charge in [-0.05, 0) is 19.3 Å². The van der Waals surface area contributed by atoms with Gasteiger partial charge in [-0.1, -0.05) is 27.2 Å². The van der Waals surface area contributed by atoms with E-state index in [1.807, 2.05) is 0 Å². The van der Waals surface area contributed by atoms with E-state index >= 15 is 0 Å². The molecule has 1 saturated carbocycles. The van der Waals surface area contributed by atoms with Crippen LogP contribution in [0.5, 0.6) is 0 Å². The SMILES string of the molecule is CCCC1C(C)C(C)C1(C)[N+]1(C)CC1. The summed E-state index contributed by atoms with van der Waals surface area (Å²) in [6.07, 6.45) is 2.80. The van der Waals surface area contributed by atoms with Crippen LogP contribution in [-0.2, 0) is 0 Å². The minimum Gasteiger partial charge on any atom is -0.312 e. The Morgan fingerprint density at radius 1 is 1.29 bits per heavy atom. The number of quaternary nitrogens is 1. The van der Waals surface area contributed by atoms with Crippen molar-refractivity contribution in [3.8, 4) is 0 Å². The fraction of sp³-hybridized carbons (Fsp3) is 1.00. The predicted octanol–water partition coefficient (Wildman–Crippen LogP) is 2.91. The first kappa shape index (κ1) is 10.5. The van der Waals surface area contributed by atoms with Gasteiger partial charge in [0.25, 0.3) is 0 Å². The molecular formula is C13H26N+. The molecule has 82 valence electrons. The van der Waals surface area contributed by atoms with Crippen LogP contribution in [0.25, 0.3) is 0 Å². The van der Waals surface area contributed by atoms with Crippen molar-refractivity contribution in [1.82, 2.24) is 0 Å². The molecule has 1 aliphatic carbocycles. The molecule has 1 heterocycles. The summed E-state index contributed by atoms with van der Waals surface area (Å²) < 4.78 is 1.36. The average molecular weight is 196 g/mol. The van der Waals surface area contributed by atoms with Gasteiger partial charge in [-0.2, -0.15) is 0 Å². The smallest absolute Gasteiger partial charge is 0.129 e. The van der Waals surface area contributed by atoms with Gasteiger partial charge in [0.15, 0.2) is 0 Å². The lowest BCUT2D eigenvalue weighted by atomic mass is 9.51. The molecule has 1 aliphatic heterocycles. The summed E-state index contributed by atoms with van der Waals surface area (Å²) in [6, 6.07) is 0. The highest BCUT2D eigenvalue weighted by molar-refractivity contribution is 5.05. The van der Waals surface area contributed by atoms with Gasteiger partial charge in [0.05, 0.1) is 7.05 Å². The second kappa shape index (κ2) is 2.98. The highest BCUT2D eigenvalue weighted by Crippen LogP contribution is 2.59. The Balaban J connectivity index is 2.16. The molecule has 0 aromatic carbocycles. The first-order valence-corrected chi connectivity index (χ1v) is 6.32. The van der Waals surface area contributed by atoms with E-state index in [-0.39, 0.29) is 0 Å². The maximum absolute atomic E-state index is 2.55. The summed E-state index contributed by atoms with van der Waals surface area (Å²) in [5, 5.41) is 0. The van der Waals surface area contributed by atoms with Crippen molar-refractivity contribution in [2.75, 3.05) is 20.1 Å². The molecule has 0 bridgehead atoms. The zero-order chi connectivity index (χ0) is 10.6. The predicted molar refractivity (Wildman–Crippen MR) is 61.0 cm³/mol. The maximum Gasteiger partial charge on any atom is 0.129 e. The topological polar surface area (TPSA) is 0 Å². The van der Waals surface area contributed by atoms with Crippen LogP contribution in [0.2, 0.25) is 0 Å². The first-order chi connectivity index (χ1) is 6.47. The second-order valence-electron chi connectivity index (χ2n) is 6.11. The van der Waals surface area contributed by atoms with Gasteiger partial charge < -0.3 is 4.48 Å². The largest absolute Gasteiger partial charge is 0.312 e. The summed E-state index contributed by atoms with van der Waals surface area (Å²) in [5.41, 5.74) is 0.607. The van der Waals surface area contributed by atoms with E-state index in [9.17, 15) is 0 Å². The number of hydrogen-bond acceptors (Lipinski definition) is 0. The Kier molecular flexibility index (Phi) is 2.23. The van der Waals surface area contributed by atoms with Crippen molar-refractivity contribution in [3.63, 3.8) is 0 Å². The lowest BCUT2D eigenvalue weighted by Crippen LogP contribution is -2.68. The highest BCUT2D eigenvalue weighted by atomic mass is 15.5. The second-order valence-corrected chi connectivity index (χ2v) is 6.11. The molecular weight excluding hydrogens is 170 g/mol. The van der Waals surface area contributed by atoms with E-state index < -0.39 is 0 Å². The van der Waals surface area contributed by atoms with Gasteiger partial charge in [0.1, 0.15) is 18.6 Å². The van der Waals surface area contributed by atoms with Crippen molar-refractivity contribution in [2.45, 2.75) is 46.1 Å². The van der Waals surface area contributed by atoms with Crippen LogP contribution < -0.4 is 0 Å². The van der Waals surface area contributed by atoms with Crippen LogP contribution >= 0.6 is 0 Å². The van der Waals surface area contributed by atoms with E-state index in [1.54, 1.807) is 0 Å². The number of rotatable bonds is 3. The third-order valence-corrected chi connectivity index (χ3v) is 5.75. The van der Waals surface area contributed by atoms with Crippen LogP contribution in [0.4, 0.5) is 0 Å². The van der Waals surface area contributed by atoms with Crippen molar-refractivity contribution in [2.24, 2.45) is 17.8 Å². The van der Waals surface area contributed by atoms with Crippen molar-refractivity contribution in [1.29, 1.82) is 0 Å². The van der Waals surface area contributed by atoms with Gasteiger partial charge in [-0.15, -0.1) is 0 Å². The summed E-state index contributed by atoms with van der Waals surface area (Å²) in [6.45, 7) is 12.7. The fourth-order valence-electron chi connectivity index (χ4n) is 4.02. The highest BCUT2D eigenvalue weighted by Gasteiger charge is 2.68. The van der Waals surface area contributed by atoms with Gasteiger partial charge in [-0.25, -0.2) is 0 Å². The summed E-state index contributed by atoms with van der Waals surface area (Å²) in [7, 11) is 2.46. The third kappa shape index (κ3) is 1.05. The lowest BCUT2D eigenvalue weighted by Gasteiger charge is -2.60. The van der Waals surface area contributed by atoms with Crippen LogP contribution in [0.15, 0.2) is 0 Å². The van der Waals surface area contributed by atoms with Crippen LogP contribution in [0.3, 0.4) is 0 Å². The maximum atomic E-state index is 2.55. The van der Waals surface area contributed by atoms with Gasteiger partial charge >= 0.3 is 0 Å². The quantitative estimate of drug-likeness (QED) is 0.481. The van der Waals surface area contributed by atoms with E-state index in [0.717, 1.165) is 17.8 Å². The lowest BCUT2D eigenvalue weighted by molar-refractivity contribution is -0.860. The number of hydrogen-bond donors (Lipinski definition) is 0. The van der Waals surface area contributed by atoms with Crippen LogP contribution in [0, 0.1) is 17.8 Å². The number of likely N-dealkylation sites (N-methyl/N-ethyl adjacent to an activating group) is 1. The molecule has 4 atom stereocenters. The Morgan fingerprint density at radius 2 is 1.86 bits per heavy atom. The van der Waals surface area contributed by atoms with Crippen molar-refractivity contribution in [3.05, 3.63) is 0 Å². The van der Waals surface area contributed by atoms with Gasteiger partial charge in [0, 0.05) is 11.8 Å². The molecule has 0 radical (unpaired) electrons. The van der Waals surface area contributed by atoms with Gasteiger partial charge in [0.2, 0.25) is 0 Å². The zero-order valence-corrected chi connectivity index (χ0v) is 10.5. The van der Waals surface area contributed by atoms with E-state index in [2.05, 4.69) is 34.7 Å². The normalized spacial score (nSPS) is 49.9. The molecule has 2 aliphatic rings. The standard InChI is InChI=1S/C13H26N/c1-6-7-12-10(2)11(3)13(12,4)14(5)8-9-14/h10-12H,6-9H2,1-5H3/q+1. The molecule has 0 aromatic rings. The van der Waals surface area contributed by atoms with Crippen molar-refractivity contribution < 1.29 is 4.48 Å². The van der Waals surface area contributed by atoms with E-state index in [0.29, 0.717) is 5.54 Å². The molecule has 2 fully saturated rings. The molecule has 0 aromatic heterocycles. The average Bonchev–Trinajstić information content (AvgIpc) is 2.92. The molecule has 1 nitrogen and oxygen atoms in total. The Hall–Kier alpha value is -0.0400. The Labute approximate surface area is 89.1 Å². The van der Waals surface area contributed by atoms with E-state index in [4.69, 9.17) is 0 Å². The molecule has 2 rings (SSSR count). The molecule has 0 N–H and O–H groups in total. The molecule has 4 unspecified atom stereocenters. The summed E-state index contributed by atoms with van der Waals surface area (Å²) >= 11 is 0. The minimum absolute atomic E-state index is 0.607. The van der Waals surface area contributed by atoms with Crippen molar-refractivity contribution >= 4 is 0 Å². The first-order valence-electron chi connectivity index (χ1n) is 6.32. The van der Waals surface area contributed by atoms with Crippen LogP contribution in [0.1, 0.15) is 40.5 Å². The van der Waals surface area contributed by atoms with E-state index in [1.165, 1.54) is 30.4 Å². The fourth-order valence-corrected chi connectivity index (χ4v) is 4.02. The number of nitrogens with zero attached hydrogens (tertiary/aromatic N) is 1. The van der Waals surface area contributed by atoms with Crippen LogP contribution in [-0.4, -0.2) is 30.2 Å². The summed E-state index contributed by atoms with van der Waals surface area (Å²) in [4.78, 5) is 0. The Bertz CT molecular complexity index is 231. The molecule has 0 spiro atoms. The molecule has 14 heavy (non-hydrogen) atoms. The zero-order valence-electron chi connectivity index (χ0n) is 10.5. The third-order valence-electron chi connectivity index (χ3n) is 5.75. The Morgan fingerprint density at radius 3 is 2.29 bits per heavy atom. The molecule has 0 amide bonds. The summed E-state index contributed by atoms with van der Waals surface area (Å²) in [5.74, 6) is 2.86.